The number of halogens is 1. The molecule has 0 saturated carbocycles. The van der Waals surface area contributed by atoms with E-state index in [1.807, 2.05) is 13.8 Å². The fourth-order valence-corrected chi connectivity index (χ4v) is 2.91. The molecule has 0 saturated heterocycles. The van der Waals surface area contributed by atoms with Crippen LogP contribution in [0.25, 0.3) is 0 Å². The predicted octanol–water partition coefficient (Wildman–Crippen LogP) is 1.63. The molecule has 0 aromatic heterocycles. The largest absolute Gasteiger partial charge is 0.229 e. The zero-order valence-electron chi connectivity index (χ0n) is 6.68. The third kappa shape index (κ3) is 3.18. The van der Waals surface area contributed by atoms with Gasteiger partial charge in [0.05, 0.1) is 5.25 Å². The Morgan fingerprint density at radius 3 is 1.70 bits per heavy atom. The van der Waals surface area contributed by atoms with Gasteiger partial charge in [-0.2, -0.15) is 0 Å². The van der Waals surface area contributed by atoms with Gasteiger partial charge in [0.15, 0.2) is 9.84 Å². The second kappa shape index (κ2) is 2.97. The van der Waals surface area contributed by atoms with Crippen LogP contribution < -0.4 is 0 Å². The van der Waals surface area contributed by atoms with Crippen LogP contribution >= 0.6 is 22.6 Å². The summed E-state index contributed by atoms with van der Waals surface area (Å²) in [5.41, 5.74) is 0. The van der Waals surface area contributed by atoms with Crippen LogP contribution in [-0.2, 0) is 9.84 Å². The van der Waals surface area contributed by atoms with Gasteiger partial charge in [0, 0.05) is 9.68 Å². The minimum atomic E-state index is -2.87. The van der Waals surface area contributed by atoms with Crippen LogP contribution in [0.5, 0.6) is 0 Å². The van der Waals surface area contributed by atoms with Gasteiger partial charge in [-0.05, 0) is 20.8 Å². The van der Waals surface area contributed by atoms with Crippen molar-refractivity contribution in [3.63, 3.8) is 0 Å². The number of sulfone groups is 1. The minimum absolute atomic E-state index is 0.175. The first kappa shape index (κ1) is 10.7. The third-order valence-corrected chi connectivity index (χ3v) is 4.84. The smallest absolute Gasteiger partial charge is 0.151 e. The summed E-state index contributed by atoms with van der Waals surface area (Å²) >= 11 is 2.15. The maximum Gasteiger partial charge on any atom is 0.151 e. The second-order valence-corrected chi connectivity index (χ2v) is 8.18. The van der Waals surface area contributed by atoms with E-state index in [-0.39, 0.29) is 8.67 Å². The summed E-state index contributed by atoms with van der Waals surface area (Å²) in [6.07, 6.45) is 1.28. The molecule has 0 fully saturated rings. The Kier molecular flexibility index (Phi) is 3.17. The van der Waals surface area contributed by atoms with Crippen LogP contribution in [-0.4, -0.2) is 23.3 Å². The molecule has 0 aromatic rings. The number of hydrogen-bond acceptors (Lipinski definition) is 2. The molecule has 0 amide bonds. The van der Waals surface area contributed by atoms with Crippen molar-refractivity contribution in [2.75, 3.05) is 6.26 Å². The summed E-state index contributed by atoms with van der Waals surface area (Å²) in [6.45, 7) is 5.57. The van der Waals surface area contributed by atoms with Gasteiger partial charge in [-0.15, -0.1) is 0 Å². The highest BCUT2D eigenvalue weighted by Crippen LogP contribution is 2.25. The van der Waals surface area contributed by atoms with E-state index in [4.69, 9.17) is 0 Å². The molecule has 0 aromatic carbocycles. The molecular formula is C6H13IO2S. The SMILES string of the molecule is CC(C(C)(C)I)S(C)(=O)=O. The second-order valence-electron chi connectivity index (χ2n) is 3.04. The number of alkyl halides is 1. The molecule has 0 rings (SSSR count). The topological polar surface area (TPSA) is 34.1 Å². The van der Waals surface area contributed by atoms with Gasteiger partial charge in [0.1, 0.15) is 0 Å². The third-order valence-electron chi connectivity index (χ3n) is 1.61. The molecule has 0 N–H and O–H groups in total. The quantitative estimate of drug-likeness (QED) is 0.567. The molecule has 0 radical (unpaired) electrons. The Labute approximate surface area is 76.5 Å². The van der Waals surface area contributed by atoms with E-state index in [9.17, 15) is 8.42 Å². The Hall–Kier alpha value is 0.680. The van der Waals surface area contributed by atoms with E-state index < -0.39 is 9.84 Å². The highest BCUT2D eigenvalue weighted by Gasteiger charge is 2.29. The van der Waals surface area contributed by atoms with Crippen molar-refractivity contribution in [3.8, 4) is 0 Å². The summed E-state index contributed by atoms with van der Waals surface area (Å²) in [6, 6.07) is 0. The highest BCUT2D eigenvalue weighted by molar-refractivity contribution is 14.1. The summed E-state index contributed by atoms with van der Waals surface area (Å²) in [7, 11) is -2.87. The maximum absolute atomic E-state index is 11.0. The molecule has 1 atom stereocenters. The molecule has 0 bridgehead atoms. The molecule has 4 heteroatoms. The Morgan fingerprint density at radius 1 is 1.40 bits per heavy atom. The van der Waals surface area contributed by atoms with E-state index in [1.165, 1.54) is 6.26 Å². The van der Waals surface area contributed by atoms with E-state index in [0.29, 0.717) is 0 Å². The maximum atomic E-state index is 11.0. The van der Waals surface area contributed by atoms with Gasteiger partial charge in [-0.3, -0.25) is 0 Å². The van der Waals surface area contributed by atoms with Gasteiger partial charge >= 0.3 is 0 Å². The predicted molar refractivity (Wildman–Crippen MR) is 52.4 cm³/mol. The normalized spacial score (nSPS) is 16.9. The highest BCUT2D eigenvalue weighted by atomic mass is 127. The van der Waals surface area contributed by atoms with E-state index in [1.54, 1.807) is 6.92 Å². The first-order valence-electron chi connectivity index (χ1n) is 3.03. The van der Waals surface area contributed by atoms with Crippen LogP contribution in [0, 0.1) is 0 Å². The van der Waals surface area contributed by atoms with E-state index in [0.717, 1.165) is 0 Å². The zero-order chi connectivity index (χ0) is 8.58. The first-order valence-corrected chi connectivity index (χ1v) is 6.07. The van der Waals surface area contributed by atoms with Gasteiger partial charge < -0.3 is 0 Å². The van der Waals surface area contributed by atoms with Crippen molar-refractivity contribution >= 4 is 32.4 Å². The fourth-order valence-electron chi connectivity index (χ4n) is 0.509. The summed E-state index contributed by atoms with van der Waals surface area (Å²) in [5, 5.41) is -0.277. The molecule has 0 aliphatic rings. The van der Waals surface area contributed by atoms with Crippen molar-refractivity contribution in [1.29, 1.82) is 0 Å². The minimum Gasteiger partial charge on any atom is -0.229 e. The van der Waals surface area contributed by atoms with Gasteiger partial charge in [-0.1, -0.05) is 22.6 Å². The van der Waals surface area contributed by atoms with Crippen LogP contribution in [0.1, 0.15) is 20.8 Å². The molecule has 1 unspecified atom stereocenters. The monoisotopic (exact) mass is 276 g/mol. The van der Waals surface area contributed by atoms with E-state index in [2.05, 4.69) is 22.6 Å². The molecule has 0 heterocycles. The molecule has 0 aliphatic carbocycles. The van der Waals surface area contributed by atoms with Gasteiger partial charge in [-0.25, -0.2) is 8.42 Å². The van der Waals surface area contributed by atoms with E-state index >= 15 is 0 Å². The lowest BCUT2D eigenvalue weighted by Crippen LogP contribution is -2.33. The zero-order valence-corrected chi connectivity index (χ0v) is 9.65. The Morgan fingerprint density at radius 2 is 1.70 bits per heavy atom. The van der Waals surface area contributed by atoms with Crippen molar-refractivity contribution in [2.24, 2.45) is 0 Å². The molecule has 0 aliphatic heterocycles. The lowest BCUT2D eigenvalue weighted by molar-refractivity contribution is 0.574. The summed E-state index contributed by atoms with van der Waals surface area (Å²) in [4.78, 5) is 0. The van der Waals surface area contributed by atoms with Crippen molar-refractivity contribution in [2.45, 2.75) is 29.4 Å². The van der Waals surface area contributed by atoms with Crippen molar-refractivity contribution < 1.29 is 8.42 Å². The summed E-state index contributed by atoms with van der Waals surface area (Å²) in [5.74, 6) is 0. The lowest BCUT2D eigenvalue weighted by Gasteiger charge is -2.22. The van der Waals surface area contributed by atoms with Crippen LogP contribution in [0.4, 0.5) is 0 Å². The molecule has 2 nitrogen and oxygen atoms in total. The Balaban J connectivity index is 4.56. The average Bonchev–Trinajstić information content (AvgIpc) is 1.59. The number of rotatable bonds is 2. The van der Waals surface area contributed by atoms with Crippen molar-refractivity contribution in [1.82, 2.24) is 0 Å². The van der Waals surface area contributed by atoms with Gasteiger partial charge in [0.2, 0.25) is 0 Å². The summed E-state index contributed by atoms with van der Waals surface area (Å²) < 4.78 is 21.8. The molecule has 62 valence electrons. The number of hydrogen-bond donors (Lipinski definition) is 0. The average molecular weight is 276 g/mol. The fraction of sp³-hybridized carbons (Fsp3) is 1.00. The molecule has 0 spiro atoms. The van der Waals surface area contributed by atoms with Crippen molar-refractivity contribution in [3.05, 3.63) is 0 Å². The first-order chi connectivity index (χ1) is 4.15. The van der Waals surface area contributed by atoms with Gasteiger partial charge in [0.25, 0.3) is 0 Å². The van der Waals surface area contributed by atoms with Crippen LogP contribution in [0.3, 0.4) is 0 Å². The molecular weight excluding hydrogens is 263 g/mol. The lowest BCUT2D eigenvalue weighted by atomic mass is 10.1. The molecule has 10 heavy (non-hydrogen) atoms. The van der Waals surface area contributed by atoms with Crippen LogP contribution in [0.15, 0.2) is 0 Å². The Bertz CT molecular complexity index is 200. The standard InChI is InChI=1S/C6H13IO2S/c1-5(6(2,3)7)10(4,8)9/h5H,1-4H3. The van der Waals surface area contributed by atoms with Crippen LogP contribution in [0.2, 0.25) is 0 Å².